The van der Waals surface area contributed by atoms with E-state index >= 15 is 0 Å². The van der Waals surface area contributed by atoms with E-state index in [1.807, 2.05) is 12.3 Å². The Morgan fingerprint density at radius 2 is 1.93 bits per heavy atom. The Morgan fingerprint density at radius 3 is 2.53 bits per heavy atom. The number of aliphatic hydroxyl groups excluding tert-OH is 1. The second kappa shape index (κ2) is 4.36. The summed E-state index contributed by atoms with van der Waals surface area (Å²) in [6.07, 6.45) is -0.948. The Morgan fingerprint density at radius 1 is 1.27 bits per heavy atom. The minimum atomic E-state index is -0.948. The molecule has 0 bridgehead atoms. The van der Waals surface area contributed by atoms with Gasteiger partial charge in [0.15, 0.2) is 16.3 Å². The van der Waals surface area contributed by atoms with E-state index in [-0.39, 0.29) is 0 Å². The highest BCUT2D eigenvalue weighted by atomic mass is 32.1. The summed E-state index contributed by atoms with van der Waals surface area (Å²) in [5.74, 6) is 0. The van der Waals surface area contributed by atoms with Crippen molar-refractivity contribution in [3.63, 3.8) is 0 Å². The van der Waals surface area contributed by atoms with E-state index < -0.39 is 6.29 Å². The normalized spacial score (nSPS) is 13.0. The molecule has 0 saturated heterocycles. The molecule has 80 valence electrons. The summed E-state index contributed by atoms with van der Waals surface area (Å²) in [5.41, 5.74) is 1.52. The van der Waals surface area contributed by atoms with Gasteiger partial charge in [0.1, 0.15) is 5.69 Å². The zero-order valence-corrected chi connectivity index (χ0v) is 9.93. The van der Waals surface area contributed by atoms with Crippen LogP contribution in [0.2, 0.25) is 0 Å². The highest BCUT2D eigenvalue weighted by molar-refractivity contribution is 7.19. The van der Waals surface area contributed by atoms with E-state index in [4.69, 9.17) is 4.74 Å². The van der Waals surface area contributed by atoms with Gasteiger partial charge in [0.2, 0.25) is 0 Å². The topological polar surface area (TPSA) is 55.2 Å². The van der Waals surface area contributed by atoms with Crippen molar-refractivity contribution in [2.75, 3.05) is 7.11 Å². The molecule has 2 aromatic rings. The lowest BCUT2D eigenvalue weighted by molar-refractivity contribution is -0.0794. The Hall–Kier alpha value is -0.820. The zero-order chi connectivity index (χ0) is 10.8. The third kappa shape index (κ3) is 2.23. The van der Waals surface area contributed by atoms with Crippen LogP contribution in [0.15, 0.2) is 10.8 Å². The van der Waals surface area contributed by atoms with Crippen LogP contribution in [0.3, 0.4) is 0 Å². The number of methoxy groups -OCH3 is 1. The summed E-state index contributed by atoms with van der Waals surface area (Å²) in [5, 5.41) is 14.9. The van der Waals surface area contributed by atoms with Crippen molar-refractivity contribution >= 4 is 22.7 Å². The first-order valence-electron chi connectivity index (χ1n) is 4.29. The number of aromatic nitrogens is 2. The van der Waals surface area contributed by atoms with E-state index in [9.17, 15) is 5.11 Å². The van der Waals surface area contributed by atoms with Crippen LogP contribution in [0.5, 0.6) is 0 Å². The molecule has 0 fully saturated rings. The fraction of sp³-hybridized carbons (Fsp3) is 0.333. The van der Waals surface area contributed by atoms with Crippen LogP contribution in [0.4, 0.5) is 0 Å². The smallest absolute Gasteiger partial charge is 0.199 e. The molecule has 1 N–H and O–H groups in total. The largest absolute Gasteiger partial charge is 0.363 e. The van der Waals surface area contributed by atoms with E-state index in [0.717, 1.165) is 15.7 Å². The van der Waals surface area contributed by atoms with Crippen molar-refractivity contribution in [2.45, 2.75) is 13.2 Å². The van der Waals surface area contributed by atoms with Crippen molar-refractivity contribution in [3.05, 3.63) is 22.1 Å². The maximum Gasteiger partial charge on any atom is 0.199 e. The van der Waals surface area contributed by atoms with Crippen molar-refractivity contribution in [1.82, 2.24) is 9.97 Å². The van der Waals surface area contributed by atoms with Crippen LogP contribution in [-0.2, 0) is 4.74 Å². The summed E-state index contributed by atoms with van der Waals surface area (Å²) >= 11 is 3.01. The summed E-state index contributed by atoms with van der Waals surface area (Å²) < 4.78 is 4.77. The molecule has 0 amide bonds. The summed E-state index contributed by atoms with van der Waals surface area (Å²) in [6.45, 7) is 1.94. The Labute approximate surface area is 95.2 Å². The molecular formula is C9H10N2O2S2. The molecule has 1 unspecified atom stereocenters. The van der Waals surface area contributed by atoms with Crippen molar-refractivity contribution in [1.29, 1.82) is 0 Å². The van der Waals surface area contributed by atoms with E-state index in [0.29, 0.717) is 5.69 Å². The van der Waals surface area contributed by atoms with Gasteiger partial charge in [0, 0.05) is 23.6 Å². The van der Waals surface area contributed by atoms with Gasteiger partial charge in [-0.2, -0.15) is 0 Å². The molecule has 0 aliphatic heterocycles. The highest BCUT2D eigenvalue weighted by Crippen LogP contribution is 2.28. The van der Waals surface area contributed by atoms with Crippen molar-refractivity contribution in [2.24, 2.45) is 0 Å². The minimum Gasteiger partial charge on any atom is -0.363 e. The number of ether oxygens (including phenoxy) is 1. The molecule has 6 heteroatoms. The molecule has 0 aliphatic rings. The monoisotopic (exact) mass is 242 g/mol. The standard InChI is InChI=1S/C9H10N2O2S2/c1-5-3-14-7(10-5)8-11-6(4-15-8)9(12)13-2/h3-4,9,12H,1-2H3. The molecule has 0 radical (unpaired) electrons. The van der Waals surface area contributed by atoms with Gasteiger partial charge >= 0.3 is 0 Å². The Balaban J connectivity index is 2.27. The molecule has 2 rings (SSSR count). The summed E-state index contributed by atoms with van der Waals surface area (Å²) in [6, 6.07) is 0. The fourth-order valence-electron chi connectivity index (χ4n) is 1.07. The maximum absolute atomic E-state index is 9.40. The van der Waals surface area contributed by atoms with E-state index in [1.54, 1.807) is 16.7 Å². The van der Waals surface area contributed by atoms with Gasteiger partial charge in [-0.3, -0.25) is 0 Å². The highest BCUT2D eigenvalue weighted by Gasteiger charge is 2.13. The van der Waals surface area contributed by atoms with Gasteiger partial charge in [-0.15, -0.1) is 22.7 Å². The fourth-order valence-corrected chi connectivity index (χ4v) is 2.74. The third-order valence-electron chi connectivity index (χ3n) is 1.80. The lowest BCUT2D eigenvalue weighted by Gasteiger charge is -2.02. The van der Waals surface area contributed by atoms with Crippen LogP contribution in [0.1, 0.15) is 17.7 Å². The zero-order valence-electron chi connectivity index (χ0n) is 8.30. The van der Waals surface area contributed by atoms with Crippen LogP contribution in [-0.4, -0.2) is 22.2 Å². The van der Waals surface area contributed by atoms with Gasteiger partial charge in [-0.1, -0.05) is 0 Å². The molecular weight excluding hydrogens is 232 g/mol. The van der Waals surface area contributed by atoms with Crippen LogP contribution >= 0.6 is 22.7 Å². The average molecular weight is 242 g/mol. The molecule has 0 saturated carbocycles. The Kier molecular flexibility index (Phi) is 3.11. The molecule has 4 nitrogen and oxygen atoms in total. The molecule has 0 spiro atoms. The van der Waals surface area contributed by atoms with Crippen molar-refractivity contribution in [3.8, 4) is 10.0 Å². The summed E-state index contributed by atoms with van der Waals surface area (Å²) in [4.78, 5) is 8.58. The predicted molar refractivity (Wildman–Crippen MR) is 59.9 cm³/mol. The second-order valence-corrected chi connectivity index (χ2v) is 4.68. The maximum atomic E-state index is 9.40. The first kappa shape index (κ1) is 10.7. The van der Waals surface area contributed by atoms with E-state index in [1.165, 1.54) is 18.4 Å². The quantitative estimate of drug-likeness (QED) is 0.838. The number of hydrogen-bond acceptors (Lipinski definition) is 6. The van der Waals surface area contributed by atoms with Crippen LogP contribution in [0, 0.1) is 6.92 Å². The number of aliphatic hydroxyl groups is 1. The number of aryl methyl sites for hydroxylation is 1. The van der Waals surface area contributed by atoms with Gasteiger partial charge in [0.05, 0.1) is 0 Å². The van der Waals surface area contributed by atoms with Crippen LogP contribution in [0.25, 0.3) is 10.0 Å². The van der Waals surface area contributed by atoms with Crippen LogP contribution < -0.4 is 0 Å². The summed E-state index contributed by atoms with van der Waals surface area (Å²) in [7, 11) is 1.44. The molecule has 0 aromatic carbocycles. The molecule has 2 aromatic heterocycles. The number of hydrogen-bond donors (Lipinski definition) is 1. The average Bonchev–Trinajstić information content (AvgIpc) is 2.84. The molecule has 2 heterocycles. The first-order chi connectivity index (χ1) is 7.20. The van der Waals surface area contributed by atoms with Crippen molar-refractivity contribution < 1.29 is 9.84 Å². The van der Waals surface area contributed by atoms with Gasteiger partial charge in [-0.25, -0.2) is 9.97 Å². The van der Waals surface area contributed by atoms with Gasteiger partial charge in [-0.05, 0) is 6.92 Å². The van der Waals surface area contributed by atoms with E-state index in [2.05, 4.69) is 9.97 Å². The first-order valence-corrected chi connectivity index (χ1v) is 6.05. The predicted octanol–water partition coefficient (Wildman–Crippen LogP) is 2.21. The number of nitrogens with zero attached hydrogens (tertiary/aromatic N) is 2. The van der Waals surface area contributed by atoms with Gasteiger partial charge in [0.25, 0.3) is 0 Å². The second-order valence-electron chi connectivity index (χ2n) is 2.96. The molecule has 0 aliphatic carbocycles. The molecule has 15 heavy (non-hydrogen) atoms. The lowest BCUT2D eigenvalue weighted by atomic mass is 10.5. The lowest BCUT2D eigenvalue weighted by Crippen LogP contribution is -1.99. The van der Waals surface area contributed by atoms with Gasteiger partial charge < -0.3 is 9.84 Å². The number of rotatable bonds is 3. The number of thiazole rings is 2. The molecule has 1 atom stereocenters. The SMILES string of the molecule is COC(O)c1csc(-c2nc(C)cs2)n1. The minimum absolute atomic E-state index is 0.533. The Bertz CT molecular complexity index is 452. The third-order valence-corrected chi connectivity index (χ3v) is 3.76.